The van der Waals surface area contributed by atoms with Gasteiger partial charge in [-0.05, 0) is 37.9 Å². The molecule has 0 saturated heterocycles. The van der Waals surface area contributed by atoms with E-state index in [1.807, 2.05) is 11.4 Å². The molecule has 0 aliphatic carbocycles. The Morgan fingerprint density at radius 2 is 2.25 bits per heavy atom. The van der Waals surface area contributed by atoms with Crippen molar-refractivity contribution in [1.82, 2.24) is 10.3 Å². The first-order valence-corrected chi connectivity index (χ1v) is 6.93. The van der Waals surface area contributed by atoms with Crippen LogP contribution in [0.3, 0.4) is 0 Å². The first-order valence-electron chi connectivity index (χ1n) is 4.46. The number of halogens is 2. The maximum Gasteiger partial charge on any atom is 0.304 e. The van der Waals surface area contributed by atoms with Gasteiger partial charge in [0.05, 0.1) is 11.0 Å². The molecule has 0 aliphatic rings. The summed E-state index contributed by atoms with van der Waals surface area (Å²) >= 11 is 7.78. The minimum Gasteiger partial charge on any atom is -0.452 e. The fourth-order valence-electron chi connectivity index (χ4n) is 1.20. The summed E-state index contributed by atoms with van der Waals surface area (Å²) in [5.74, 6) is 0.830. The van der Waals surface area contributed by atoms with Crippen LogP contribution in [-0.4, -0.2) is 4.98 Å². The van der Waals surface area contributed by atoms with E-state index >= 15 is 0 Å². The summed E-state index contributed by atoms with van der Waals surface area (Å²) in [4.78, 5) is 13.6. The van der Waals surface area contributed by atoms with Gasteiger partial charge in [-0.3, -0.25) is 4.79 Å². The van der Waals surface area contributed by atoms with E-state index in [2.05, 4.69) is 42.2 Å². The van der Waals surface area contributed by atoms with E-state index in [1.54, 1.807) is 0 Å². The predicted molar refractivity (Wildman–Crippen MR) is 69.6 cm³/mol. The summed E-state index contributed by atoms with van der Waals surface area (Å²) in [5, 5.41) is 4.98. The maximum atomic E-state index is 10.9. The molecular formula is C9H8Br2N2O2S. The Morgan fingerprint density at radius 1 is 1.44 bits per heavy atom. The summed E-state index contributed by atoms with van der Waals surface area (Å²) in [6, 6.07) is 1.90. The number of furan rings is 1. The van der Waals surface area contributed by atoms with Gasteiger partial charge in [-0.2, -0.15) is 0 Å². The highest BCUT2D eigenvalue weighted by Gasteiger charge is 2.05. The molecule has 0 radical (unpaired) electrons. The topological polar surface area (TPSA) is 58.0 Å². The summed E-state index contributed by atoms with van der Waals surface area (Å²) in [6.07, 6.45) is 0. The van der Waals surface area contributed by atoms with Gasteiger partial charge in [0, 0.05) is 17.6 Å². The Balaban J connectivity index is 1.86. The van der Waals surface area contributed by atoms with Gasteiger partial charge in [-0.1, -0.05) is 11.3 Å². The van der Waals surface area contributed by atoms with Crippen LogP contribution in [0.5, 0.6) is 0 Å². The van der Waals surface area contributed by atoms with Gasteiger partial charge in [0.15, 0.2) is 4.67 Å². The van der Waals surface area contributed by atoms with Gasteiger partial charge in [0.2, 0.25) is 0 Å². The molecule has 2 heterocycles. The third kappa shape index (κ3) is 3.07. The monoisotopic (exact) mass is 366 g/mol. The second kappa shape index (κ2) is 5.31. The molecule has 2 N–H and O–H groups in total. The van der Waals surface area contributed by atoms with Gasteiger partial charge >= 0.3 is 4.87 Å². The lowest BCUT2D eigenvalue weighted by molar-refractivity contribution is 0.463. The molecule has 2 rings (SSSR count). The average Bonchev–Trinajstić information content (AvgIpc) is 2.75. The van der Waals surface area contributed by atoms with Crippen LogP contribution >= 0.6 is 43.2 Å². The number of thiazole rings is 1. The SMILES string of the molecule is O=c1[nH]c(CNCc2cc(Br)c(Br)o2)cs1. The third-order valence-corrected chi connectivity index (χ3v) is 4.31. The largest absolute Gasteiger partial charge is 0.452 e. The molecular weight excluding hydrogens is 360 g/mol. The van der Waals surface area contributed by atoms with Crippen molar-refractivity contribution in [2.75, 3.05) is 0 Å². The summed E-state index contributed by atoms with van der Waals surface area (Å²) in [5.41, 5.74) is 0.889. The maximum absolute atomic E-state index is 10.9. The van der Waals surface area contributed by atoms with Crippen molar-refractivity contribution < 1.29 is 4.42 Å². The highest BCUT2D eigenvalue weighted by Crippen LogP contribution is 2.26. The standard InChI is InChI=1S/C9H8Br2N2O2S/c10-7-1-6(15-8(7)11)3-12-2-5-4-16-9(14)13-5/h1,4,12H,2-3H2,(H,13,14). The van der Waals surface area contributed by atoms with Crippen LogP contribution in [-0.2, 0) is 13.1 Å². The number of aromatic nitrogens is 1. The van der Waals surface area contributed by atoms with Crippen molar-refractivity contribution in [3.8, 4) is 0 Å². The van der Waals surface area contributed by atoms with Crippen molar-refractivity contribution in [3.05, 3.63) is 41.7 Å². The molecule has 2 aromatic rings. The zero-order valence-electron chi connectivity index (χ0n) is 8.05. The molecule has 2 aromatic heterocycles. The van der Waals surface area contributed by atoms with Crippen LogP contribution in [0, 0.1) is 0 Å². The molecule has 0 fully saturated rings. The third-order valence-electron chi connectivity index (χ3n) is 1.88. The molecule has 86 valence electrons. The molecule has 0 aliphatic heterocycles. The Morgan fingerprint density at radius 3 is 2.81 bits per heavy atom. The Bertz CT molecular complexity index is 512. The molecule has 0 aromatic carbocycles. The van der Waals surface area contributed by atoms with Gasteiger partial charge in [0.25, 0.3) is 0 Å². The van der Waals surface area contributed by atoms with E-state index in [4.69, 9.17) is 4.42 Å². The number of nitrogens with one attached hydrogen (secondary N) is 2. The second-order valence-corrected chi connectivity index (χ2v) is 5.53. The highest BCUT2D eigenvalue weighted by molar-refractivity contribution is 9.13. The second-order valence-electron chi connectivity index (χ2n) is 3.11. The van der Waals surface area contributed by atoms with Crippen molar-refractivity contribution in [1.29, 1.82) is 0 Å². The number of H-pyrrole nitrogens is 1. The average molecular weight is 368 g/mol. The van der Waals surface area contributed by atoms with Crippen LogP contribution in [0.4, 0.5) is 0 Å². The van der Waals surface area contributed by atoms with Crippen molar-refractivity contribution in [3.63, 3.8) is 0 Å². The number of hydrogen-bond acceptors (Lipinski definition) is 4. The van der Waals surface area contributed by atoms with Crippen LogP contribution in [0.1, 0.15) is 11.5 Å². The zero-order valence-corrected chi connectivity index (χ0v) is 12.0. The first kappa shape index (κ1) is 12.1. The molecule has 0 bridgehead atoms. The van der Waals surface area contributed by atoms with Crippen molar-refractivity contribution >= 4 is 43.2 Å². The van der Waals surface area contributed by atoms with Gasteiger partial charge in [-0.15, -0.1) is 0 Å². The van der Waals surface area contributed by atoms with E-state index in [0.717, 1.165) is 15.9 Å². The minimum atomic E-state index is -0.0275. The quantitative estimate of drug-likeness (QED) is 0.873. The van der Waals surface area contributed by atoms with Crippen molar-refractivity contribution in [2.24, 2.45) is 0 Å². The minimum absolute atomic E-state index is 0.0275. The molecule has 16 heavy (non-hydrogen) atoms. The zero-order chi connectivity index (χ0) is 11.5. The van der Waals surface area contributed by atoms with Crippen LogP contribution < -0.4 is 10.2 Å². The fourth-order valence-corrected chi connectivity index (χ4v) is 2.44. The molecule has 0 spiro atoms. The molecule has 0 saturated carbocycles. The molecule has 0 atom stereocenters. The van der Waals surface area contributed by atoms with Crippen LogP contribution in [0.25, 0.3) is 0 Å². The summed E-state index contributed by atoms with van der Waals surface area (Å²) in [7, 11) is 0. The van der Waals surface area contributed by atoms with E-state index in [1.165, 1.54) is 11.3 Å². The van der Waals surface area contributed by atoms with E-state index in [-0.39, 0.29) is 4.87 Å². The fraction of sp³-hybridized carbons (Fsp3) is 0.222. The lowest BCUT2D eigenvalue weighted by Crippen LogP contribution is -2.13. The molecule has 4 nitrogen and oxygen atoms in total. The Hall–Kier alpha value is -0.370. The predicted octanol–water partition coefficient (Wildman–Crippen LogP) is 2.84. The molecule has 7 heteroatoms. The number of hydrogen-bond donors (Lipinski definition) is 2. The number of aromatic amines is 1. The Kier molecular flexibility index (Phi) is 4.01. The molecule has 0 amide bonds. The lowest BCUT2D eigenvalue weighted by Gasteiger charge is -1.99. The van der Waals surface area contributed by atoms with E-state index < -0.39 is 0 Å². The van der Waals surface area contributed by atoms with Gasteiger partial charge in [-0.25, -0.2) is 0 Å². The molecule has 0 unspecified atom stereocenters. The first-order chi connectivity index (χ1) is 7.65. The number of rotatable bonds is 4. The lowest BCUT2D eigenvalue weighted by atomic mass is 10.4. The highest BCUT2D eigenvalue weighted by atomic mass is 79.9. The van der Waals surface area contributed by atoms with Crippen molar-refractivity contribution in [2.45, 2.75) is 13.1 Å². The summed E-state index contributed by atoms with van der Waals surface area (Å²) < 4.78 is 6.98. The van der Waals surface area contributed by atoms with E-state index in [9.17, 15) is 4.79 Å². The van der Waals surface area contributed by atoms with Crippen LogP contribution in [0.2, 0.25) is 0 Å². The van der Waals surface area contributed by atoms with E-state index in [0.29, 0.717) is 17.8 Å². The smallest absolute Gasteiger partial charge is 0.304 e. The van der Waals surface area contributed by atoms with Gasteiger partial charge in [0.1, 0.15) is 5.76 Å². The summed E-state index contributed by atoms with van der Waals surface area (Å²) in [6.45, 7) is 1.23. The normalized spacial score (nSPS) is 10.9. The Labute approximate surface area is 112 Å². The van der Waals surface area contributed by atoms with Crippen LogP contribution in [0.15, 0.2) is 29.8 Å². The van der Waals surface area contributed by atoms with Gasteiger partial charge < -0.3 is 14.7 Å².